The van der Waals surface area contributed by atoms with Gasteiger partial charge in [0.2, 0.25) is 0 Å². The van der Waals surface area contributed by atoms with Crippen LogP contribution in [0.5, 0.6) is 11.5 Å². The number of nitrogens with zero attached hydrogens (tertiary/aromatic N) is 2. The molecule has 0 bridgehead atoms. The third-order valence-electron chi connectivity index (χ3n) is 7.98. The number of hydrogen-bond acceptors (Lipinski definition) is 6. The highest BCUT2D eigenvalue weighted by atomic mass is 19.4. The van der Waals surface area contributed by atoms with Crippen molar-refractivity contribution in [1.29, 1.82) is 5.26 Å². The van der Waals surface area contributed by atoms with E-state index in [0.29, 0.717) is 17.1 Å². The molecule has 43 heavy (non-hydrogen) atoms. The summed E-state index contributed by atoms with van der Waals surface area (Å²) in [5.41, 5.74) is -4.06. The van der Waals surface area contributed by atoms with Crippen molar-refractivity contribution in [2.45, 2.75) is 43.9 Å². The van der Waals surface area contributed by atoms with Crippen molar-refractivity contribution in [3.05, 3.63) is 96.1 Å². The predicted molar refractivity (Wildman–Crippen MR) is 152 cm³/mol. The van der Waals surface area contributed by atoms with E-state index in [0.717, 1.165) is 12.0 Å². The number of ether oxygens (including phenoxy) is 3. The first kappa shape index (κ1) is 31.6. The molecule has 0 N–H and O–H groups in total. The highest BCUT2D eigenvalue weighted by Gasteiger charge is 2.64. The van der Waals surface area contributed by atoms with Crippen molar-refractivity contribution in [3.63, 3.8) is 0 Å². The molecule has 0 aliphatic carbocycles. The van der Waals surface area contributed by atoms with E-state index < -0.39 is 35.0 Å². The first-order valence-electron chi connectivity index (χ1n) is 14.0. The predicted octanol–water partition coefficient (Wildman–Crippen LogP) is 6.75. The molecule has 2 atom stereocenters. The van der Waals surface area contributed by atoms with E-state index >= 15 is 0 Å². The molecule has 1 amide bonds. The van der Waals surface area contributed by atoms with Crippen LogP contribution in [0.4, 0.5) is 13.2 Å². The van der Waals surface area contributed by atoms with Gasteiger partial charge in [-0.3, -0.25) is 9.59 Å². The van der Waals surface area contributed by atoms with Gasteiger partial charge in [-0.05, 0) is 38.0 Å². The van der Waals surface area contributed by atoms with Gasteiger partial charge in [-0.1, -0.05) is 66.7 Å². The molecule has 7 nitrogen and oxygen atoms in total. The zero-order valence-electron chi connectivity index (χ0n) is 24.0. The number of amides is 1. The summed E-state index contributed by atoms with van der Waals surface area (Å²) in [6.07, 6.45) is -5.07. The summed E-state index contributed by atoms with van der Waals surface area (Å²) in [4.78, 5) is 27.7. The van der Waals surface area contributed by atoms with Crippen LogP contribution >= 0.6 is 0 Å². The second-order valence-corrected chi connectivity index (χ2v) is 10.4. The van der Waals surface area contributed by atoms with Crippen LogP contribution in [0.25, 0.3) is 0 Å². The molecule has 226 valence electrons. The Labute approximate surface area is 248 Å². The van der Waals surface area contributed by atoms with Gasteiger partial charge in [-0.25, -0.2) is 0 Å². The van der Waals surface area contributed by atoms with Crippen LogP contribution in [-0.4, -0.2) is 49.8 Å². The quantitative estimate of drug-likeness (QED) is 0.241. The van der Waals surface area contributed by atoms with Crippen LogP contribution in [0, 0.1) is 16.7 Å². The lowest BCUT2D eigenvalue weighted by atomic mass is 9.64. The van der Waals surface area contributed by atoms with Gasteiger partial charge in [0.05, 0.1) is 25.0 Å². The van der Waals surface area contributed by atoms with Gasteiger partial charge < -0.3 is 19.1 Å². The average molecular weight is 595 g/mol. The second-order valence-electron chi connectivity index (χ2n) is 10.4. The maximum Gasteiger partial charge on any atom is 0.430 e. The average Bonchev–Trinajstić information content (AvgIpc) is 3.00. The topological polar surface area (TPSA) is 88.9 Å². The Kier molecular flexibility index (Phi) is 9.77. The minimum absolute atomic E-state index is 0.0713. The van der Waals surface area contributed by atoms with Gasteiger partial charge in [0.15, 0.2) is 0 Å². The SMILES string of the molecule is CCOC(=O)CC1(C(C#N)c2ccccc2Oc2ccccc2)CCN(C(=O)[C@](OC)(c2ccccc2)C(F)(F)F)CC1. The molecule has 1 fully saturated rings. The Balaban J connectivity index is 1.69. The van der Waals surface area contributed by atoms with Gasteiger partial charge in [-0.15, -0.1) is 0 Å². The number of halogens is 3. The van der Waals surface area contributed by atoms with Crippen molar-refractivity contribution in [3.8, 4) is 17.6 Å². The van der Waals surface area contributed by atoms with Gasteiger partial charge >= 0.3 is 12.1 Å². The van der Waals surface area contributed by atoms with E-state index in [1.54, 1.807) is 49.4 Å². The van der Waals surface area contributed by atoms with Crippen LogP contribution in [0.3, 0.4) is 0 Å². The van der Waals surface area contributed by atoms with E-state index in [1.165, 1.54) is 24.3 Å². The molecule has 10 heteroatoms. The first-order valence-corrected chi connectivity index (χ1v) is 14.0. The number of nitriles is 1. The van der Waals surface area contributed by atoms with Gasteiger partial charge in [-0.2, -0.15) is 18.4 Å². The Bertz CT molecular complexity index is 1430. The van der Waals surface area contributed by atoms with Gasteiger partial charge in [0, 0.05) is 36.7 Å². The van der Waals surface area contributed by atoms with Crippen LogP contribution < -0.4 is 4.74 Å². The minimum Gasteiger partial charge on any atom is -0.466 e. The van der Waals surface area contributed by atoms with Crippen LogP contribution in [0.15, 0.2) is 84.9 Å². The van der Waals surface area contributed by atoms with Crippen molar-refractivity contribution < 1.29 is 37.0 Å². The maximum atomic E-state index is 14.6. The van der Waals surface area contributed by atoms with Crippen molar-refractivity contribution in [2.24, 2.45) is 5.41 Å². The highest BCUT2D eigenvalue weighted by Crippen LogP contribution is 2.51. The zero-order valence-corrected chi connectivity index (χ0v) is 24.0. The number of alkyl halides is 3. The van der Waals surface area contributed by atoms with E-state index in [2.05, 4.69) is 6.07 Å². The largest absolute Gasteiger partial charge is 0.466 e. The van der Waals surface area contributed by atoms with Crippen LogP contribution in [0.1, 0.15) is 43.2 Å². The Morgan fingerprint density at radius 2 is 1.53 bits per heavy atom. The smallest absolute Gasteiger partial charge is 0.430 e. The number of carbonyl (C=O) groups is 2. The Morgan fingerprint density at radius 1 is 0.953 bits per heavy atom. The number of esters is 1. The third kappa shape index (κ3) is 6.37. The van der Waals surface area contributed by atoms with Crippen molar-refractivity contribution >= 4 is 11.9 Å². The van der Waals surface area contributed by atoms with E-state index in [1.807, 2.05) is 18.2 Å². The molecule has 3 aromatic rings. The number of hydrogen-bond donors (Lipinski definition) is 0. The molecule has 0 aromatic heterocycles. The molecule has 1 aliphatic rings. The molecule has 0 radical (unpaired) electrons. The first-order chi connectivity index (χ1) is 20.6. The summed E-state index contributed by atoms with van der Waals surface area (Å²) < 4.78 is 60.2. The second kappa shape index (κ2) is 13.3. The fourth-order valence-electron chi connectivity index (χ4n) is 5.81. The zero-order chi connectivity index (χ0) is 31.1. The van der Waals surface area contributed by atoms with E-state index in [9.17, 15) is 28.0 Å². The number of likely N-dealkylation sites (tertiary alicyclic amines) is 1. The van der Waals surface area contributed by atoms with E-state index in [4.69, 9.17) is 14.2 Å². The normalized spacial score (nSPS) is 16.8. The Morgan fingerprint density at radius 3 is 2.09 bits per heavy atom. The molecule has 1 saturated heterocycles. The van der Waals surface area contributed by atoms with Crippen LogP contribution in [-0.2, 0) is 24.7 Å². The lowest BCUT2D eigenvalue weighted by Gasteiger charge is -2.46. The lowest BCUT2D eigenvalue weighted by Crippen LogP contribution is -2.59. The summed E-state index contributed by atoms with van der Waals surface area (Å²) >= 11 is 0. The summed E-state index contributed by atoms with van der Waals surface area (Å²) in [7, 11) is 0.864. The number of carbonyl (C=O) groups excluding carboxylic acids is 2. The molecular weight excluding hydrogens is 561 g/mol. The lowest BCUT2D eigenvalue weighted by molar-refractivity contribution is -0.271. The fourth-order valence-corrected chi connectivity index (χ4v) is 5.81. The maximum absolute atomic E-state index is 14.6. The molecular formula is C33H33F3N2O5. The molecule has 1 heterocycles. The van der Waals surface area contributed by atoms with Crippen molar-refractivity contribution in [1.82, 2.24) is 4.90 Å². The third-order valence-corrected chi connectivity index (χ3v) is 7.98. The summed E-state index contributed by atoms with van der Waals surface area (Å²) in [5.74, 6) is -1.70. The van der Waals surface area contributed by atoms with Crippen LogP contribution in [0.2, 0.25) is 0 Å². The molecule has 0 spiro atoms. The number of benzene rings is 3. The molecule has 4 rings (SSSR count). The van der Waals surface area contributed by atoms with Gasteiger partial charge in [0.1, 0.15) is 11.5 Å². The van der Waals surface area contributed by atoms with Crippen molar-refractivity contribution in [2.75, 3.05) is 26.8 Å². The number of methoxy groups -OCH3 is 1. The standard InChI is InChI=1S/C33H33F3N2O5/c1-3-42-29(39)22-31(27(23-37)26-16-10-11-17-28(26)43-25-14-8-5-9-15-25)18-20-38(21-19-31)30(40)32(41-2,33(34,35)36)24-12-6-4-7-13-24/h4-17,27H,3,18-22H2,1-2H3/t27?,32-/m1/s1. The summed E-state index contributed by atoms with van der Waals surface area (Å²) in [5, 5.41) is 10.5. The molecule has 0 saturated carbocycles. The minimum atomic E-state index is -5.05. The fraction of sp³-hybridized carbons (Fsp3) is 0.364. The molecule has 1 aliphatic heterocycles. The molecule has 3 aromatic carbocycles. The number of rotatable bonds is 10. The molecule has 1 unspecified atom stereocenters. The number of piperidine rings is 1. The summed E-state index contributed by atoms with van der Waals surface area (Å²) in [6.45, 7) is 1.53. The highest BCUT2D eigenvalue weighted by molar-refractivity contribution is 5.88. The monoisotopic (exact) mass is 594 g/mol. The van der Waals surface area contributed by atoms with Gasteiger partial charge in [0.25, 0.3) is 11.5 Å². The summed E-state index contributed by atoms with van der Waals surface area (Å²) in [6, 6.07) is 25.1. The number of para-hydroxylation sites is 2. The Hall–Kier alpha value is -4.36. The van der Waals surface area contributed by atoms with E-state index in [-0.39, 0.29) is 44.5 Å².